The lowest BCUT2D eigenvalue weighted by Crippen LogP contribution is -2.41. The van der Waals surface area contributed by atoms with Crippen LogP contribution in [0.1, 0.15) is 64.2 Å². The Morgan fingerprint density at radius 1 is 0.800 bits per heavy atom. The van der Waals surface area contributed by atoms with E-state index in [0.717, 1.165) is 0 Å². The lowest BCUT2D eigenvalue weighted by Gasteiger charge is -2.24. The first-order valence-electron chi connectivity index (χ1n) is 12.3. The predicted octanol–water partition coefficient (Wildman–Crippen LogP) is 1.45. The van der Waals surface area contributed by atoms with Crippen molar-refractivity contribution in [1.82, 2.24) is 9.80 Å². The third kappa shape index (κ3) is 7.81. The summed E-state index contributed by atoms with van der Waals surface area (Å²) in [5.74, 6) is -2.04. The van der Waals surface area contributed by atoms with Gasteiger partial charge < -0.3 is 33.9 Å². The molecule has 0 radical (unpaired) electrons. The van der Waals surface area contributed by atoms with E-state index in [4.69, 9.17) is 18.9 Å². The van der Waals surface area contributed by atoms with Gasteiger partial charge in [-0.2, -0.15) is 0 Å². The highest BCUT2D eigenvalue weighted by molar-refractivity contribution is 5.86. The molecule has 2 atom stereocenters. The number of carbonyl (C=O) groups is 5. The van der Waals surface area contributed by atoms with Crippen LogP contribution in [0.25, 0.3) is 0 Å². The number of carbonyl (C=O) groups excluding carboxylic acids is 4. The fourth-order valence-corrected chi connectivity index (χ4v) is 4.67. The molecule has 3 rings (SSSR count). The maximum atomic E-state index is 12.6. The first-order chi connectivity index (χ1) is 16.9. The largest absolute Gasteiger partial charge is 0.511 e. The van der Waals surface area contributed by atoms with Gasteiger partial charge in [-0.25, -0.2) is 14.4 Å². The van der Waals surface area contributed by atoms with E-state index in [9.17, 15) is 29.1 Å². The highest BCUT2D eigenvalue weighted by atomic mass is 16.8. The topological polar surface area (TPSA) is 149 Å². The molecule has 12 heteroatoms. The quantitative estimate of drug-likeness (QED) is 0.266. The van der Waals surface area contributed by atoms with Crippen LogP contribution >= 0.6 is 0 Å². The standard InChI is InChI=1S/C23H34N2O10/c26-19(24-11-3-5-17(24)21(28)29)7-1-2-8-20(27)25-12-4-6-18(25)22(30)33-15-34-23(31)35-16-9-13-32-14-10-16/h16-18H,1-15H2,(H,28,29). The molecular formula is C23H34N2O10. The molecule has 0 saturated carbocycles. The summed E-state index contributed by atoms with van der Waals surface area (Å²) in [5.41, 5.74) is 0. The predicted molar refractivity (Wildman–Crippen MR) is 118 cm³/mol. The smallest absolute Gasteiger partial charge is 0.480 e. The number of hydrogen-bond acceptors (Lipinski definition) is 9. The summed E-state index contributed by atoms with van der Waals surface area (Å²) in [6.07, 6.45) is 3.51. The Hall–Kier alpha value is -2.89. The highest BCUT2D eigenvalue weighted by Crippen LogP contribution is 2.22. The van der Waals surface area contributed by atoms with Gasteiger partial charge in [0.05, 0.1) is 13.2 Å². The number of hydrogen-bond donors (Lipinski definition) is 1. The van der Waals surface area contributed by atoms with Crippen LogP contribution in [0.3, 0.4) is 0 Å². The highest BCUT2D eigenvalue weighted by Gasteiger charge is 2.36. The number of likely N-dealkylation sites (tertiary alicyclic amines) is 2. The monoisotopic (exact) mass is 498 g/mol. The number of amides is 2. The van der Waals surface area contributed by atoms with E-state index in [0.29, 0.717) is 77.7 Å². The number of carboxylic acids is 1. The minimum atomic E-state index is -0.986. The molecule has 3 aliphatic rings. The third-order valence-electron chi connectivity index (χ3n) is 6.54. The minimum Gasteiger partial charge on any atom is -0.480 e. The van der Waals surface area contributed by atoms with Crippen LogP contribution in [-0.2, 0) is 38.1 Å². The zero-order valence-corrected chi connectivity index (χ0v) is 19.9. The van der Waals surface area contributed by atoms with E-state index in [1.54, 1.807) is 0 Å². The number of carboxylic acid groups (broad SMARTS) is 1. The molecule has 3 aliphatic heterocycles. The fraction of sp³-hybridized carbons (Fsp3) is 0.783. The van der Waals surface area contributed by atoms with Crippen LogP contribution in [0.4, 0.5) is 4.79 Å². The molecule has 2 amide bonds. The van der Waals surface area contributed by atoms with Crippen molar-refractivity contribution in [3.63, 3.8) is 0 Å². The average Bonchev–Trinajstić information content (AvgIpc) is 3.52. The number of rotatable bonds is 10. The van der Waals surface area contributed by atoms with E-state index < -0.39 is 37.0 Å². The number of nitrogens with zero attached hydrogens (tertiary/aromatic N) is 2. The zero-order chi connectivity index (χ0) is 25.2. The molecule has 1 N–H and O–H groups in total. The van der Waals surface area contributed by atoms with Crippen LogP contribution in [0.15, 0.2) is 0 Å². The van der Waals surface area contributed by atoms with Crippen LogP contribution in [0.2, 0.25) is 0 Å². The molecule has 0 bridgehead atoms. The van der Waals surface area contributed by atoms with Gasteiger partial charge in [0.2, 0.25) is 18.6 Å². The maximum Gasteiger partial charge on any atom is 0.511 e. The van der Waals surface area contributed by atoms with Crippen molar-refractivity contribution in [2.45, 2.75) is 82.4 Å². The van der Waals surface area contributed by atoms with Crippen molar-refractivity contribution in [3.05, 3.63) is 0 Å². The molecule has 12 nitrogen and oxygen atoms in total. The van der Waals surface area contributed by atoms with E-state index in [1.165, 1.54) is 9.80 Å². The Balaban J connectivity index is 1.32. The van der Waals surface area contributed by atoms with E-state index in [1.807, 2.05) is 0 Å². The molecule has 0 aromatic heterocycles. The second kappa shape index (κ2) is 13.3. The second-order valence-corrected chi connectivity index (χ2v) is 8.94. The zero-order valence-electron chi connectivity index (χ0n) is 19.9. The van der Waals surface area contributed by atoms with Gasteiger partial charge >= 0.3 is 18.1 Å². The first kappa shape index (κ1) is 26.7. The molecule has 0 spiro atoms. The number of ether oxygens (including phenoxy) is 4. The van der Waals surface area contributed by atoms with Gasteiger partial charge in [-0.1, -0.05) is 0 Å². The minimum absolute atomic E-state index is 0.174. The number of esters is 1. The molecule has 35 heavy (non-hydrogen) atoms. The Labute approximate surface area is 203 Å². The summed E-state index contributed by atoms with van der Waals surface area (Å²) in [7, 11) is 0. The molecule has 0 aliphatic carbocycles. The van der Waals surface area contributed by atoms with Crippen LogP contribution in [-0.4, -0.2) is 96.1 Å². The van der Waals surface area contributed by atoms with Gasteiger partial charge in [-0.05, 0) is 38.5 Å². The third-order valence-corrected chi connectivity index (χ3v) is 6.54. The van der Waals surface area contributed by atoms with E-state index in [-0.39, 0.29) is 30.8 Å². The van der Waals surface area contributed by atoms with Gasteiger partial charge in [0.15, 0.2) is 0 Å². The van der Waals surface area contributed by atoms with Gasteiger partial charge in [0, 0.05) is 38.8 Å². The SMILES string of the molecule is O=C(OCOC(=O)C1CCCN1C(=O)CCCCC(=O)N1CCCC1C(=O)O)OC1CCOCC1. The van der Waals surface area contributed by atoms with Crippen molar-refractivity contribution in [2.24, 2.45) is 0 Å². The summed E-state index contributed by atoms with van der Waals surface area (Å²) in [4.78, 5) is 63.2. The van der Waals surface area contributed by atoms with Crippen LogP contribution < -0.4 is 0 Å². The molecule has 3 fully saturated rings. The first-order valence-corrected chi connectivity index (χ1v) is 12.3. The van der Waals surface area contributed by atoms with Crippen molar-refractivity contribution >= 4 is 29.9 Å². The lowest BCUT2D eigenvalue weighted by molar-refractivity contribution is -0.162. The van der Waals surface area contributed by atoms with Gasteiger partial charge in [-0.15, -0.1) is 0 Å². The Morgan fingerprint density at radius 3 is 1.97 bits per heavy atom. The Morgan fingerprint density at radius 2 is 1.37 bits per heavy atom. The van der Waals surface area contributed by atoms with E-state index in [2.05, 4.69) is 0 Å². The normalized spacial score (nSPS) is 22.6. The molecule has 0 aromatic rings. The summed E-state index contributed by atoms with van der Waals surface area (Å²) in [6.45, 7) is 1.31. The molecular weight excluding hydrogens is 464 g/mol. The van der Waals surface area contributed by atoms with E-state index >= 15 is 0 Å². The maximum absolute atomic E-state index is 12.6. The Kier molecular flexibility index (Phi) is 10.1. The fourth-order valence-electron chi connectivity index (χ4n) is 4.67. The summed E-state index contributed by atoms with van der Waals surface area (Å²) < 4.78 is 20.2. The molecule has 3 heterocycles. The van der Waals surface area contributed by atoms with Crippen LogP contribution in [0, 0.1) is 0 Å². The molecule has 0 aromatic carbocycles. The Bertz CT molecular complexity index is 782. The van der Waals surface area contributed by atoms with Crippen LogP contribution in [0.5, 0.6) is 0 Å². The number of unbranched alkanes of at least 4 members (excludes halogenated alkanes) is 1. The van der Waals surface area contributed by atoms with Crippen molar-refractivity contribution in [2.75, 3.05) is 33.1 Å². The van der Waals surface area contributed by atoms with Crippen molar-refractivity contribution in [3.8, 4) is 0 Å². The van der Waals surface area contributed by atoms with Gasteiger partial charge in [0.25, 0.3) is 0 Å². The summed E-state index contributed by atoms with van der Waals surface area (Å²) >= 11 is 0. The second-order valence-electron chi connectivity index (χ2n) is 8.94. The molecule has 2 unspecified atom stereocenters. The average molecular weight is 499 g/mol. The number of aliphatic carboxylic acids is 1. The van der Waals surface area contributed by atoms with Crippen molar-refractivity contribution < 1.29 is 48.0 Å². The molecule has 196 valence electrons. The molecule has 3 saturated heterocycles. The van der Waals surface area contributed by atoms with Gasteiger partial charge in [-0.3, -0.25) is 9.59 Å². The summed E-state index contributed by atoms with van der Waals surface area (Å²) in [6, 6.07) is -1.49. The van der Waals surface area contributed by atoms with Gasteiger partial charge in [0.1, 0.15) is 18.2 Å². The van der Waals surface area contributed by atoms with Crippen molar-refractivity contribution in [1.29, 1.82) is 0 Å². The lowest BCUT2D eigenvalue weighted by atomic mass is 10.1. The summed E-state index contributed by atoms with van der Waals surface area (Å²) in [5, 5.41) is 9.20.